The molecule has 0 saturated heterocycles. The van der Waals surface area contributed by atoms with Gasteiger partial charge < -0.3 is 10.1 Å². The molecule has 1 rings (SSSR count). The first-order valence-corrected chi connectivity index (χ1v) is 7.72. The lowest BCUT2D eigenvalue weighted by Gasteiger charge is -2.11. The average molecular weight is 362 g/mol. The second-order valence-electron chi connectivity index (χ2n) is 3.81. The van der Waals surface area contributed by atoms with Crippen molar-refractivity contribution in [2.75, 3.05) is 17.8 Å². The molecule has 22 heavy (non-hydrogen) atoms. The number of alkyl halides is 3. The molecule has 1 amide bonds. The molecule has 1 aromatic rings. The van der Waals surface area contributed by atoms with Crippen molar-refractivity contribution in [3.05, 3.63) is 22.8 Å². The summed E-state index contributed by atoms with van der Waals surface area (Å²) in [4.78, 5) is 14.4. The zero-order valence-corrected chi connectivity index (χ0v) is 12.6. The summed E-state index contributed by atoms with van der Waals surface area (Å²) in [6.45, 7) is 1.46. The molecule has 1 aromatic heterocycles. The van der Waals surface area contributed by atoms with Crippen LogP contribution in [0.15, 0.2) is 12.3 Å². The van der Waals surface area contributed by atoms with Crippen LogP contribution in [0.2, 0.25) is 5.02 Å². The van der Waals surface area contributed by atoms with E-state index in [1.165, 1.54) is 6.92 Å². The molecule has 1 heterocycles. The number of halogens is 4. The number of anilines is 1. The number of sulfonamides is 1. The molecule has 0 aromatic carbocycles. The normalized spacial score (nSPS) is 11.9. The lowest BCUT2D eigenvalue weighted by Crippen LogP contribution is -2.35. The smallest absolute Gasteiger partial charge is 0.420 e. The third kappa shape index (κ3) is 5.56. The van der Waals surface area contributed by atoms with Crippen LogP contribution in [0.5, 0.6) is 0 Å². The fourth-order valence-corrected chi connectivity index (χ4v) is 2.21. The van der Waals surface area contributed by atoms with Gasteiger partial charge >= 0.3 is 12.3 Å². The minimum atomic E-state index is -4.67. The number of nitrogens with zero attached hydrogens (tertiary/aromatic N) is 1. The number of pyridine rings is 1. The van der Waals surface area contributed by atoms with Crippen molar-refractivity contribution in [3.63, 3.8) is 0 Å². The topological polar surface area (TPSA) is 97.4 Å². The monoisotopic (exact) mass is 361 g/mol. The van der Waals surface area contributed by atoms with E-state index < -0.39 is 38.8 Å². The zero-order valence-electron chi connectivity index (χ0n) is 11.1. The molecule has 2 N–H and O–H groups in total. The van der Waals surface area contributed by atoms with Gasteiger partial charge in [-0.3, -0.25) is 0 Å². The molecule has 0 spiro atoms. The maximum atomic E-state index is 12.5. The first-order valence-electron chi connectivity index (χ1n) is 5.69. The maximum absolute atomic E-state index is 12.5. The Bertz CT molecular complexity index is 651. The molecule has 124 valence electrons. The van der Waals surface area contributed by atoms with Crippen LogP contribution in [0, 0.1) is 0 Å². The second-order valence-corrected chi connectivity index (χ2v) is 5.94. The predicted molar refractivity (Wildman–Crippen MR) is 71.8 cm³/mol. The van der Waals surface area contributed by atoms with Crippen LogP contribution in [0.4, 0.5) is 23.8 Å². The quantitative estimate of drug-likeness (QED) is 0.834. The van der Waals surface area contributed by atoms with Gasteiger partial charge in [-0.15, -0.1) is 0 Å². The Labute approximate surface area is 128 Å². The highest BCUT2D eigenvalue weighted by Crippen LogP contribution is 2.34. The van der Waals surface area contributed by atoms with Gasteiger partial charge in [0.1, 0.15) is 11.7 Å². The van der Waals surface area contributed by atoms with Gasteiger partial charge in [0.05, 0.1) is 17.2 Å². The minimum absolute atomic E-state index is 0.0230. The number of ether oxygens (including phenoxy) is 1. The first kappa shape index (κ1) is 18.3. The van der Waals surface area contributed by atoms with Crippen molar-refractivity contribution in [1.29, 1.82) is 0 Å². The highest BCUT2D eigenvalue weighted by Gasteiger charge is 2.33. The van der Waals surface area contributed by atoms with Gasteiger partial charge in [0.2, 0.25) is 0 Å². The van der Waals surface area contributed by atoms with Gasteiger partial charge in [0.25, 0.3) is 10.0 Å². The summed E-state index contributed by atoms with van der Waals surface area (Å²) in [6, 6.07) is 0.824. The second kappa shape index (κ2) is 7.01. The third-order valence-electron chi connectivity index (χ3n) is 2.12. The molecule has 0 aliphatic rings. The Morgan fingerprint density at radius 1 is 1.45 bits per heavy atom. The molecule has 0 unspecified atom stereocenters. The van der Waals surface area contributed by atoms with Gasteiger partial charge in [-0.2, -0.15) is 13.2 Å². The summed E-state index contributed by atoms with van der Waals surface area (Å²) >= 11 is 5.45. The summed E-state index contributed by atoms with van der Waals surface area (Å²) in [5.74, 6) is -1.01. The Morgan fingerprint density at radius 2 is 2.09 bits per heavy atom. The van der Waals surface area contributed by atoms with Crippen LogP contribution in [0.1, 0.15) is 12.5 Å². The number of rotatable bonds is 5. The number of amides is 1. The summed E-state index contributed by atoms with van der Waals surface area (Å²) < 4.78 is 66.3. The lowest BCUT2D eigenvalue weighted by molar-refractivity contribution is -0.137. The number of nitrogens with one attached hydrogen (secondary N) is 2. The van der Waals surface area contributed by atoms with E-state index in [0.29, 0.717) is 6.20 Å². The summed E-state index contributed by atoms with van der Waals surface area (Å²) in [5.41, 5.74) is -1.15. The maximum Gasteiger partial charge on any atom is 0.420 e. The van der Waals surface area contributed by atoms with E-state index in [0.717, 1.165) is 6.07 Å². The highest BCUT2D eigenvalue weighted by atomic mass is 35.5. The number of aromatic nitrogens is 1. The van der Waals surface area contributed by atoms with Gasteiger partial charge in [0, 0.05) is 6.20 Å². The number of carbonyl (C=O) groups is 1. The zero-order chi connectivity index (χ0) is 17.0. The van der Waals surface area contributed by atoms with E-state index in [1.54, 1.807) is 4.72 Å². The van der Waals surface area contributed by atoms with Crippen LogP contribution in [-0.2, 0) is 20.9 Å². The third-order valence-corrected chi connectivity index (χ3v) is 3.43. The SMILES string of the molecule is CCOC(=O)NS(=O)(=O)CNc1cc(Cl)c(C(F)(F)F)cn1. The van der Waals surface area contributed by atoms with Crippen LogP contribution >= 0.6 is 11.6 Å². The lowest BCUT2D eigenvalue weighted by atomic mass is 10.3. The molecular formula is C10H11ClF3N3O4S. The Morgan fingerprint density at radius 3 is 2.59 bits per heavy atom. The van der Waals surface area contributed by atoms with E-state index in [-0.39, 0.29) is 12.4 Å². The van der Waals surface area contributed by atoms with Gasteiger partial charge in [-0.05, 0) is 13.0 Å². The number of hydrogen-bond donors (Lipinski definition) is 2. The Kier molecular flexibility index (Phi) is 5.83. The van der Waals surface area contributed by atoms with Crippen LogP contribution in [-0.4, -0.2) is 32.0 Å². The molecule has 0 bridgehead atoms. The van der Waals surface area contributed by atoms with Gasteiger partial charge in [0.15, 0.2) is 0 Å². The fourth-order valence-electron chi connectivity index (χ4n) is 1.23. The van der Waals surface area contributed by atoms with E-state index in [9.17, 15) is 26.4 Å². The standard InChI is InChI=1S/C10H11ClF3N3O4S/c1-2-21-9(18)17-22(19,20)5-16-8-3-7(11)6(4-15-8)10(12,13)14/h3-4H,2,5H2,1H3,(H,15,16)(H,17,18). The summed E-state index contributed by atoms with van der Waals surface area (Å²) in [7, 11) is -4.09. The van der Waals surface area contributed by atoms with E-state index in [2.05, 4.69) is 15.0 Å². The van der Waals surface area contributed by atoms with Crippen molar-refractivity contribution >= 4 is 33.5 Å². The highest BCUT2D eigenvalue weighted by molar-refractivity contribution is 7.90. The van der Waals surface area contributed by atoms with E-state index >= 15 is 0 Å². The van der Waals surface area contributed by atoms with Crippen molar-refractivity contribution in [2.24, 2.45) is 0 Å². The molecule has 0 aliphatic carbocycles. The number of carbonyl (C=O) groups excluding carboxylic acids is 1. The molecular weight excluding hydrogens is 351 g/mol. The molecule has 0 fully saturated rings. The molecule has 0 aliphatic heterocycles. The first-order chi connectivity index (χ1) is 10.0. The van der Waals surface area contributed by atoms with Crippen LogP contribution in [0.3, 0.4) is 0 Å². The molecule has 7 nitrogen and oxygen atoms in total. The number of hydrogen-bond acceptors (Lipinski definition) is 6. The largest absolute Gasteiger partial charge is 0.449 e. The van der Waals surface area contributed by atoms with Crippen molar-refractivity contribution in [2.45, 2.75) is 13.1 Å². The van der Waals surface area contributed by atoms with Gasteiger partial charge in [-0.1, -0.05) is 11.6 Å². The predicted octanol–water partition coefficient (Wildman–Crippen LogP) is 2.20. The van der Waals surface area contributed by atoms with E-state index in [4.69, 9.17) is 11.6 Å². The molecule has 0 atom stereocenters. The van der Waals surface area contributed by atoms with Crippen molar-refractivity contribution < 1.29 is 31.1 Å². The molecule has 12 heteroatoms. The van der Waals surface area contributed by atoms with Crippen LogP contribution in [0.25, 0.3) is 0 Å². The van der Waals surface area contributed by atoms with Crippen LogP contribution < -0.4 is 10.0 Å². The Hall–Kier alpha value is -1.75. The van der Waals surface area contributed by atoms with Crippen molar-refractivity contribution in [1.82, 2.24) is 9.71 Å². The van der Waals surface area contributed by atoms with Gasteiger partial charge in [-0.25, -0.2) is 22.9 Å². The summed E-state index contributed by atoms with van der Waals surface area (Å²) in [6.07, 6.45) is -5.36. The molecule has 0 radical (unpaired) electrons. The Balaban J connectivity index is 2.73. The summed E-state index contributed by atoms with van der Waals surface area (Å²) in [5, 5.41) is 1.59. The van der Waals surface area contributed by atoms with E-state index in [1.807, 2.05) is 0 Å². The average Bonchev–Trinajstić information content (AvgIpc) is 2.34. The minimum Gasteiger partial charge on any atom is -0.449 e. The fraction of sp³-hybridized carbons (Fsp3) is 0.400. The van der Waals surface area contributed by atoms with Crippen molar-refractivity contribution in [3.8, 4) is 0 Å². The molecule has 0 saturated carbocycles.